The number of cyclic esters (lactones) is 2. The van der Waals surface area contributed by atoms with E-state index in [1.54, 1.807) is 0 Å². The molecule has 0 N–H and O–H groups in total. The third kappa shape index (κ3) is 2.01. The summed E-state index contributed by atoms with van der Waals surface area (Å²) in [6.07, 6.45) is 0. The average molecular weight is 302 g/mol. The van der Waals surface area contributed by atoms with Gasteiger partial charge in [0.1, 0.15) is 22.2 Å². The van der Waals surface area contributed by atoms with Gasteiger partial charge in [0.25, 0.3) is 0 Å². The van der Waals surface area contributed by atoms with Crippen molar-refractivity contribution in [2.75, 3.05) is 0 Å². The van der Waals surface area contributed by atoms with Gasteiger partial charge in [0, 0.05) is 10.8 Å². The van der Waals surface area contributed by atoms with E-state index < -0.39 is 22.8 Å². The van der Waals surface area contributed by atoms with Gasteiger partial charge in [-0.15, -0.1) is 0 Å². The van der Waals surface area contributed by atoms with Crippen molar-refractivity contribution in [1.82, 2.24) is 9.97 Å². The lowest BCUT2D eigenvalue weighted by Crippen LogP contribution is -2.31. The van der Waals surface area contributed by atoms with Crippen LogP contribution in [0.5, 0.6) is 0 Å². The maximum Gasteiger partial charge on any atom is 0.364 e. The van der Waals surface area contributed by atoms with Crippen LogP contribution in [0.25, 0.3) is 11.5 Å². The molecule has 116 valence electrons. The fourth-order valence-corrected chi connectivity index (χ4v) is 2.43. The lowest BCUT2D eigenvalue weighted by Gasteiger charge is -2.17. The predicted molar refractivity (Wildman–Crippen MR) is 77.8 cm³/mol. The minimum absolute atomic E-state index is 0.142. The average Bonchev–Trinajstić information content (AvgIpc) is 2.86. The van der Waals surface area contributed by atoms with Gasteiger partial charge >= 0.3 is 11.9 Å². The molecule has 0 amide bonds. The summed E-state index contributed by atoms with van der Waals surface area (Å²) in [6, 6.07) is 0. The number of fused-ring (bicyclic) bond motifs is 2. The van der Waals surface area contributed by atoms with Crippen LogP contribution in [-0.2, 0) is 9.47 Å². The molecular formula is C16H18N2O4. The molecule has 0 aliphatic carbocycles. The molecule has 2 aliphatic rings. The Kier molecular flexibility index (Phi) is 2.77. The molecule has 3 rings (SSSR count). The van der Waals surface area contributed by atoms with Crippen molar-refractivity contribution >= 4 is 23.5 Å². The van der Waals surface area contributed by atoms with Crippen LogP contribution in [0, 0.1) is 10.8 Å². The molecule has 0 radical (unpaired) electrons. The zero-order valence-corrected chi connectivity index (χ0v) is 13.5. The molecule has 1 aromatic heterocycles. The van der Waals surface area contributed by atoms with Gasteiger partial charge in [0.15, 0.2) is 11.4 Å². The smallest absolute Gasteiger partial charge is 0.364 e. The van der Waals surface area contributed by atoms with Gasteiger partial charge < -0.3 is 9.47 Å². The lowest BCUT2D eigenvalue weighted by molar-refractivity contribution is 0.0663. The monoisotopic (exact) mass is 302 g/mol. The second kappa shape index (κ2) is 4.15. The molecule has 3 heterocycles. The van der Waals surface area contributed by atoms with Crippen molar-refractivity contribution in [3.05, 3.63) is 22.1 Å². The number of esters is 2. The van der Waals surface area contributed by atoms with Gasteiger partial charge in [-0.3, -0.25) is 0 Å². The highest BCUT2D eigenvalue weighted by molar-refractivity contribution is 5.97. The number of hydrogen-bond donors (Lipinski definition) is 0. The van der Waals surface area contributed by atoms with E-state index in [2.05, 4.69) is 9.97 Å². The molecule has 0 fully saturated rings. The Bertz CT molecular complexity index is 767. The highest BCUT2D eigenvalue weighted by atomic mass is 16.5. The number of carbonyl (C=O) groups is 2. The second-order valence-corrected chi connectivity index (χ2v) is 7.56. The summed E-state index contributed by atoms with van der Waals surface area (Å²) in [6.45, 7) is 11.4. The Morgan fingerprint density at radius 1 is 0.682 bits per heavy atom. The van der Waals surface area contributed by atoms with Crippen LogP contribution in [0.3, 0.4) is 0 Å². The van der Waals surface area contributed by atoms with Crippen molar-refractivity contribution < 1.29 is 19.1 Å². The second-order valence-electron chi connectivity index (χ2n) is 7.56. The highest BCUT2D eigenvalue weighted by Crippen LogP contribution is 2.31. The van der Waals surface area contributed by atoms with Gasteiger partial charge in [0.2, 0.25) is 0 Å². The van der Waals surface area contributed by atoms with Crippen LogP contribution in [-0.4, -0.2) is 21.9 Å². The summed E-state index contributed by atoms with van der Waals surface area (Å²) < 4.78 is 10.6. The summed E-state index contributed by atoms with van der Waals surface area (Å²) in [5.41, 5.74) is -0.543. The van der Waals surface area contributed by atoms with Crippen molar-refractivity contribution in [3.63, 3.8) is 0 Å². The maximum atomic E-state index is 12.1. The SMILES string of the molecule is CC(C)(C)C1=c2nc3c(nc2C(=O)O1)=C(C(C)(C)C)OC3=O. The van der Waals surface area contributed by atoms with Crippen LogP contribution in [0.1, 0.15) is 62.5 Å². The minimum atomic E-state index is -0.539. The van der Waals surface area contributed by atoms with Crippen LogP contribution in [0.2, 0.25) is 0 Å². The van der Waals surface area contributed by atoms with E-state index in [0.717, 1.165) is 0 Å². The molecule has 0 spiro atoms. The summed E-state index contributed by atoms with van der Waals surface area (Å²) in [7, 11) is 0. The first-order valence-corrected chi connectivity index (χ1v) is 7.12. The van der Waals surface area contributed by atoms with Gasteiger partial charge in [-0.25, -0.2) is 19.6 Å². The van der Waals surface area contributed by atoms with E-state index in [1.807, 2.05) is 41.5 Å². The van der Waals surface area contributed by atoms with Gasteiger partial charge in [-0.1, -0.05) is 41.5 Å². The summed E-state index contributed by atoms with van der Waals surface area (Å²) in [5, 5.41) is 0.673. The van der Waals surface area contributed by atoms with Gasteiger partial charge in [-0.05, 0) is 0 Å². The molecule has 0 saturated heterocycles. The molecule has 0 aromatic carbocycles. The first-order chi connectivity index (χ1) is 10.00. The van der Waals surface area contributed by atoms with E-state index in [9.17, 15) is 9.59 Å². The zero-order chi connectivity index (χ0) is 16.4. The number of rotatable bonds is 0. The third-order valence-corrected chi connectivity index (χ3v) is 3.46. The molecule has 1 aromatic rings. The normalized spacial score (nSPS) is 17.4. The Morgan fingerprint density at radius 2 is 1.00 bits per heavy atom. The van der Waals surface area contributed by atoms with E-state index >= 15 is 0 Å². The third-order valence-electron chi connectivity index (χ3n) is 3.46. The fraction of sp³-hybridized carbons (Fsp3) is 0.500. The molecule has 0 unspecified atom stereocenters. The van der Waals surface area contributed by atoms with Crippen LogP contribution in [0.4, 0.5) is 0 Å². The number of ether oxygens (including phenoxy) is 2. The van der Waals surface area contributed by atoms with E-state index in [1.165, 1.54) is 0 Å². The number of aromatic nitrogens is 2. The highest BCUT2D eigenvalue weighted by Gasteiger charge is 2.38. The van der Waals surface area contributed by atoms with Crippen LogP contribution >= 0.6 is 0 Å². The van der Waals surface area contributed by atoms with E-state index in [0.29, 0.717) is 22.2 Å². The molecule has 6 nitrogen and oxygen atoms in total. The zero-order valence-electron chi connectivity index (χ0n) is 13.5. The van der Waals surface area contributed by atoms with Crippen molar-refractivity contribution in [2.45, 2.75) is 41.5 Å². The van der Waals surface area contributed by atoms with Gasteiger partial charge in [0.05, 0.1) is 0 Å². The maximum absolute atomic E-state index is 12.1. The number of carbonyl (C=O) groups excluding carboxylic acids is 2. The summed E-state index contributed by atoms with van der Waals surface area (Å²) in [4.78, 5) is 32.8. The first-order valence-electron chi connectivity index (χ1n) is 7.12. The van der Waals surface area contributed by atoms with E-state index in [-0.39, 0.29) is 11.4 Å². The molecule has 0 saturated carbocycles. The van der Waals surface area contributed by atoms with Gasteiger partial charge in [-0.2, -0.15) is 0 Å². The molecule has 0 bridgehead atoms. The van der Waals surface area contributed by atoms with Crippen molar-refractivity contribution in [2.24, 2.45) is 10.8 Å². The predicted octanol–water partition coefficient (Wildman–Crippen LogP) is 1.13. The summed E-state index contributed by atoms with van der Waals surface area (Å²) in [5.74, 6) is -0.217. The Hall–Kier alpha value is -2.24. The van der Waals surface area contributed by atoms with Crippen molar-refractivity contribution in [3.8, 4) is 0 Å². The molecule has 2 aliphatic heterocycles. The molecule has 6 heteroatoms. The fourth-order valence-electron chi connectivity index (χ4n) is 2.43. The molecule has 0 atom stereocenters. The van der Waals surface area contributed by atoms with E-state index in [4.69, 9.17) is 9.47 Å². The largest absolute Gasteiger partial charge is 0.423 e. The lowest BCUT2D eigenvalue weighted by atomic mass is 9.93. The number of hydrogen-bond acceptors (Lipinski definition) is 6. The van der Waals surface area contributed by atoms with Crippen molar-refractivity contribution in [1.29, 1.82) is 0 Å². The molecular weight excluding hydrogens is 284 g/mol. The molecule has 22 heavy (non-hydrogen) atoms. The Morgan fingerprint density at radius 3 is 1.27 bits per heavy atom. The quantitative estimate of drug-likeness (QED) is 0.668. The van der Waals surface area contributed by atoms with Crippen LogP contribution in [0.15, 0.2) is 0 Å². The Labute approximate surface area is 127 Å². The topological polar surface area (TPSA) is 78.4 Å². The summed E-state index contributed by atoms with van der Waals surface area (Å²) >= 11 is 0. The minimum Gasteiger partial charge on any atom is -0.423 e. The first kappa shape index (κ1) is 14.7. The number of nitrogens with zero attached hydrogens (tertiary/aromatic N) is 2. The Balaban J connectivity index is 2.41. The van der Waals surface area contributed by atoms with Crippen LogP contribution < -0.4 is 10.7 Å². The standard InChI is InChI=1S/C16H18N2O4/c1-15(2,3)11-7-9(13(19)21-11)18-8-10(17-7)14(20)22-12(8)16(4,5)6/h1-6H3.